The lowest BCUT2D eigenvalue weighted by Gasteiger charge is -2.26. The van der Waals surface area contributed by atoms with E-state index < -0.39 is 0 Å². The maximum absolute atomic E-state index is 10.8. The maximum atomic E-state index is 10.8. The van der Waals surface area contributed by atoms with Crippen LogP contribution in [-0.4, -0.2) is 15.0 Å². The molecule has 0 aromatic heterocycles. The predicted molar refractivity (Wildman–Crippen MR) is 42.7 cm³/mol. The van der Waals surface area contributed by atoms with Crippen molar-refractivity contribution in [2.24, 2.45) is 5.84 Å². The summed E-state index contributed by atoms with van der Waals surface area (Å²) >= 11 is 2.18. The lowest BCUT2D eigenvalue weighted by atomic mass is 10.1. The third-order valence-electron chi connectivity index (χ3n) is 1.42. The second-order valence-electron chi connectivity index (χ2n) is 2.13. The summed E-state index contributed by atoms with van der Waals surface area (Å²) in [4.78, 5) is 10.8. The highest BCUT2D eigenvalue weighted by atomic mass is 127. The molecule has 1 amide bonds. The number of amides is 1. The Morgan fingerprint density at radius 3 is 2.89 bits per heavy atom. The van der Waals surface area contributed by atoms with Crippen molar-refractivity contribution in [3.05, 3.63) is 0 Å². The van der Waals surface area contributed by atoms with Crippen molar-refractivity contribution in [2.75, 3.05) is 0 Å². The quantitative estimate of drug-likeness (QED) is 0.222. The van der Waals surface area contributed by atoms with E-state index >= 15 is 0 Å². The monoisotopic (exact) mass is 240 g/mol. The minimum atomic E-state index is 0.0700. The highest BCUT2D eigenvalue weighted by molar-refractivity contribution is 14.1. The summed E-state index contributed by atoms with van der Waals surface area (Å²) in [7, 11) is 0. The number of carbonyl (C=O) groups is 1. The number of halogens is 1. The van der Waals surface area contributed by atoms with Crippen LogP contribution in [0.1, 0.15) is 19.3 Å². The van der Waals surface area contributed by atoms with Crippen molar-refractivity contribution in [2.45, 2.75) is 23.3 Å². The van der Waals surface area contributed by atoms with Crippen molar-refractivity contribution in [1.82, 2.24) is 5.01 Å². The first-order valence-corrected chi connectivity index (χ1v) is 4.17. The Balaban J connectivity index is 2.51. The van der Waals surface area contributed by atoms with Gasteiger partial charge in [-0.05, 0) is 12.8 Å². The number of alkyl halides is 1. The number of rotatable bonds is 0. The molecule has 9 heavy (non-hydrogen) atoms. The molecule has 1 atom stereocenters. The largest absolute Gasteiger partial charge is 0.273 e. The smallest absolute Gasteiger partial charge is 0.237 e. The Hall–Kier alpha value is 0.160. The lowest BCUT2D eigenvalue weighted by molar-refractivity contribution is -0.134. The first-order valence-electron chi connectivity index (χ1n) is 2.92. The fourth-order valence-electron chi connectivity index (χ4n) is 0.846. The summed E-state index contributed by atoms with van der Waals surface area (Å²) in [6, 6.07) is 0. The summed E-state index contributed by atoms with van der Waals surface area (Å²) in [5.74, 6) is 5.47. The van der Waals surface area contributed by atoms with Crippen LogP contribution < -0.4 is 5.84 Å². The van der Waals surface area contributed by atoms with Gasteiger partial charge in [-0.1, -0.05) is 22.6 Å². The van der Waals surface area contributed by atoms with E-state index in [9.17, 15) is 4.79 Å². The molecule has 52 valence electrons. The number of piperidine rings is 1. The van der Waals surface area contributed by atoms with Gasteiger partial charge in [-0.2, -0.15) is 0 Å². The maximum Gasteiger partial charge on any atom is 0.237 e. The molecule has 3 nitrogen and oxygen atoms in total. The molecule has 4 heteroatoms. The number of hydrazine groups is 1. The lowest BCUT2D eigenvalue weighted by Crippen LogP contribution is -2.45. The predicted octanol–water partition coefficient (Wildman–Crippen LogP) is 0.634. The van der Waals surface area contributed by atoms with E-state index in [4.69, 9.17) is 5.84 Å². The molecule has 1 aliphatic rings. The number of nitrogens with zero attached hydrogens (tertiary/aromatic N) is 1. The fraction of sp³-hybridized carbons (Fsp3) is 0.800. The Labute approximate surface area is 67.7 Å². The van der Waals surface area contributed by atoms with E-state index in [1.807, 2.05) is 0 Å². The minimum Gasteiger partial charge on any atom is -0.273 e. The summed E-state index contributed by atoms with van der Waals surface area (Å²) < 4.78 is 0.212. The normalized spacial score (nSPS) is 28.9. The van der Waals surface area contributed by atoms with Crippen LogP contribution >= 0.6 is 22.6 Å². The van der Waals surface area contributed by atoms with Crippen LogP contribution in [0, 0.1) is 0 Å². The summed E-state index contributed by atoms with van der Waals surface area (Å²) in [5.41, 5.74) is 0. The molecule has 1 fully saturated rings. The molecule has 0 bridgehead atoms. The Bertz CT molecular complexity index is 128. The van der Waals surface area contributed by atoms with Gasteiger partial charge in [0.05, 0.1) is 4.05 Å². The number of nitrogens with two attached hydrogens (primary N) is 1. The summed E-state index contributed by atoms with van der Waals surface area (Å²) in [6.45, 7) is 0. The van der Waals surface area contributed by atoms with E-state index in [-0.39, 0.29) is 9.96 Å². The van der Waals surface area contributed by atoms with E-state index in [0.717, 1.165) is 12.8 Å². The van der Waals surface area contributed by atoms with Crippen LogP contribution in [0.25, 0.3) is 0 Å². The van der Waals surface area contributed by atoms with E-state index in [0.29, 0.717) is 6.42 Å². The third kappa shape index (κ3) is 1.54. The molecule has 0 saturated carbocycles. The molecule has 0 radical (unpaired) electrons. The molecular weight excluding hydrogens is 231 g/mol. The van der Waals surface area contributed by atoms with Crippen molar-refractivity contribution in [3.63, 3.8) is 0 Å². The standard InChI is InChI=1S/C5H9IN2O/c6-4-2-1-3-5(9)8(4)7/h4H,1-3,7H2. The van der Waals surface area contributed by atoms with Crippen LogP contribution in [0.4, 0.5) is 0 Å². The fourth-order valence-corrected chi connectivity index (χ4v) is 1.60. The van der Waals surface area contributed by atoms with Gasteiger partial charge in [0.1, 0.15) is 0 Å². The molecule has 2 N–H and O–H groups in total. The average molecular weight is 240 g/mol. The highest BCUT2D eigenvalue weighted by Gasteiger charge is 2.22. The number of hydrogen-bond donors (Lipinski definition) is 1. The van der Waals surface area contributed by atoms with Gasteiger partial charge in [0.15, 0.2) is 0 Å². The van der Waals surface area contributed by atoms with Crippen molar-refractivity contribution >= 4 is 28.5 Å². The average Bonchev–Trinajstić information content (AvgIpc) is 1.83. The Morgan fingerprint density at radius 1 is 1.78 bits per heavy atom. The first kappa shape index (κ1) is 7.27. The van der Waals surface area contributed by atoms with E-state index in [1.54, 1.807) is 0 Å². The molecule has 0 aliphatic carbocycles. The van der Waals surface area contributed by atoms with Crippen LogP contribution in [0.3, 0.4) is 0 Å². The topological polar surface area (TPSA) is 46.3 Å². The third-order valence-corrected chi connectivity index (χ3v) is 2.65. The van der Waals surface area contributed by atoms with Gasteiger partial charge in [0, 0.05) is 6.42 Å². The molecular formula is C5H9IN2O. The molecule has 0 aromatic rings. The van der Waals surface area contributed by atoms with Gasteiger partial charge in [0.2, 0.25) is 5.91 Å². The SMILES string of the molecule is NN1C(=O)CCCC1I. The molecule has 1 unspecified atom stereocenters. The zero-order chi connectivity index (χ0) is 6.85. The molecule has 1 saturated heterocycles. The highest BCUT2D eigenvalue weighted by Crippen LogP contribution is 2.19. The second kappa shape index (κ2) is 2.83. The minimum absolute atomic E-state index is 0.0700. The molecule has 0 aromatic carbocycles. The van der Waals surface area contributed by atoms with Gasteiger partial charge in [-0.3, -0.25) is 9.80 Å². The van der Waals surface area contributed by atoms with Gasteiger partial charge < -0.3 is 0 Å². The summed E-state index contributed by atoms with van der Waals surface area (Å²) in [6.07, 6.45) is 2.64. The molecule has 0 spiro atoms. The molecule has 1 heterocycles. The van der Waals surface area contributed by atoms with E-state index in [1.165, 1.54) is 5.01 Å². The van der Waals surface area contributed by atoms with Crippen LogP contribution in [0.2, 0.25) is 0 Å². The molecule has 1 rings (SSSR count). The van der Waals surface area contributed by atoms with Crippen molar-refractivity contribution < 1.29 is 4.79 Å². The second-order valence-corrected chi connectivity index (χ2v) is 3.57. The van der Waals surface area contributed by atoms with Crippen molar-refractivity contribution in [3.8, 4) is 0 Å². The number of hydrogen-bond acceptors (Lipinski definition) is 2. The van der Waals surface area contributed by atoms with E-state index in [2.05, 4.69) is 22.6 Å². The van der Waals surface area contributed by atoms with Gasteiger partial charge in [0.25, 0.3) is 0 Å². The van der Waals surface area contributed by atoms with Gasteiger partial charge in [-0.15, -0.1) is 0 Å². The van der Waals surface area contributed by atoms with Crippen molar-refractivity contribution in [1.29, 1.82) is 0 Å². The number of carbonyl (C=O) groups excluding carboxylic acids is 1. The Kier molecular flexibility index (Phi) is 2.29. The zero-order valence-electron chi connectivity index (χ0n) is 5.01. The molecule has 1 aliphatic heterocycles. The van der Waals surface area contributed by atoms with Crippen LogP contribution in [-0.2, 0) is 4.79 Å². The first-order chi connectivity index (χ1) is 4.22. The van der Waals surface area contributed by atoms with Crippen LogP contribution in [0.5, 0.6) is 0 Å². The summed E-state index contributed by atoms with van der Waals surface area (Å²) in [5, 5.41) is 1.32. The van der Waals surface area contributed by atoms with Crippen LogP contribution in [0.15, 0.2) is 0 Å². The Morgan fingerprint density at radius 2 is 2.44 bits per heavy atom. The zero-order valence-corrected chi connectivity index (χ0v) is 7.17. The van der Waals surface area contributed by atoms with Gasteiger partial charge >= 0.3 is 0 Å². The van der Waals surface area contributed by atoms with Gasteiger partial charge in [-0.25, -0.2) is 5.84 Å².